The summed E-state index contributed by atoms with van der Waals surface area (Å²) in [4.78, 5) is 64.2. The van der Waals surface area contributed by atoms with E-state index in [9.17, 15) is 29.1 Å². The number of carboxylic acid groups (broad SMARTS) is 1. The van der Waals surface area contributed by atoms with Gasteiger partial charge in [0.25, 0.3) is 0 Å². The van der Waals surface area contributed by atoms with Gasteiger partial charge in [-0.3, -0.25) is 14.4 Å². The highest BCUT2D eigenvalue weighted by molar-refractivity contribution is 5.90. The molecule has 6 N–H and O–H groups in total. The van der Waals surface area contributed by atoms with Crippen LogP contribution in [0, 0.1) is 11.8 Å². The molecule has 258 valence electrons. The van der Waals surface area contributed by atoms with Crippen LogP contribution < -0.4 is 21.8 Å². The van der Waals surface area contributed by atoms with E-state index in [1.807, 2.05) is 58.0 Å². The molecular weight excluding hydrogens is 594 g/mol. The van der Waals surface area contributed by atoms with Crippen molar-refractivity contribution in [1.29, 1.82) is 0 Å². The summed E-state index contributed by atoms with van der Waals surface area (Å²) in [6, 6.07) is 5.70. The molecule has 0 bridgehead atoms. The Balaban J connectivity index is 2.44. The lowest BCUT2D eigenvalue weighted by Crippen LogP contribution is -2.71. The molecule has 0 radical (unpaired) electrons. The van der Waals surface area contributed by atoms with Crippen LogP contribution in [0.15, 0.2) is 30.3 Å². The first-order valence-electron chi connectivity index (χ1n) is 16.1. The standard InChI is InChI=1S/C33H53N5O8/c1-8-22(4)28(30(41)42)37-38(16-12-15-26(38)31(43)45-20-23-13-10-9-11-14-23)19-24(17-21(2)3)35-29(40)25(18-27(34)39)36-32(44)46-33(5,6)7/h9-11,13-14,21-22,24-26,28,37H,8,12,15-20H2,1-7H3,(H4-,34,35,36,39,40,41,42,44)/p+1/t22-,24-,25-,26-,28-,38?/m0/s1. The minimum Gasteiger partial charge on any atom is -0.480 e. The number of nitrogens with one attached hydrogen (secondary N) is 3. The zero-order valence-electron chi connectivity index (χ0n) is 28.3. The zero-order chi connectivity index (χ0) is 34.7. The van der Waals surface area contributed by atoms with Gasteiger partial charge >= 0.3 is 18.0 Å². The number of nitrogens with zero attached hydrogens (tertiary/aromatic N) is 1. The van der Waals surface area contributed by atoms with Gasteiger partial charge in [0, 0.05) is 12.8 Å². The number of esters is 1. The highest BCUT2D eigenvalue weighted by atomic mass is 16.6. The smallest absolute Gasteiger partial charge is 0.408 e. The third-order valence-corrected chi connectivity index (χ3v) is 8.06. The Bertz CT molecular complexity index is 1190. The molecule has 0 spiro atoms. The van der Waals surface area contributed by atoms with E-state index < -0.39 is 66.0 Å². The molecule has 0 aliphatic carbocycles. The number of carbonyl (C=O) groups is 5. The Morgan fingerprint density at radius 2 is 1.72 bits per heavy atom. The van der Waals surface area contributed by atoms with Gasteiger partial charge in [0.15, 0.2) is 6.04 Å². The number of ether oxygens (including phenoxy) is 2. The predicted molar refractivity (Wildman–Crippen MR) is 172 cm³/mol. The minimum atomic E-state index is -1.31. The summed E-state index contributed by atoms with van der Waals surface area (Å²) < 4.78 is 10.9. The number of quaternary nitrogens is 1. The van der Waals surface area contributed by atoms with E-state index in [4.69, 9.17) is 15.2 Å². The number of amides is 3. The molecule has 46 heavy (non-hydrogen) atoms. The average molecular weight is 649 g/mol. The first-order valence-corrected chi connectivity index (χ1v) is 16.1. The maximum Gasteiger partial charge on any atom is 0.408 e. The van der Waals surface area contributed by atoms with E-state index >= 15 is 0 Å². The number of alkyl carbamates (subject to hydrolysis) is 1. The molecule has 3 amide bonds. The molecule has 1 aliphatic heterocycles. The van der Waals surface area contributed by atoms with Crippen LogP contribution >= 0.6 is 0 Å². The van der Waals surface area contributed by atoms with Crippen molar-refractivity contribution in [2.24, 2.45) is 17.6 Å². The number of rotatable bonds is 17. The van der Waals surface area contributed by atoms with Crippen molar-refractivity contribution in [3.63, 3.8) is 0 Å². The van der Waals surface area contributed by atoms with Crippen LogP contribution in [0.2, 0.25) is 0 Å². The zero-order valence-corrected chi connectivity index (χ0v) is 28.3. The number of nitrogens with two attached hydrogens (primary N) is 1. The van der Waals surface area contributed by atoms with Gasteiger partial charge in [0.05, 0.1) is 19.0 Å². The third kappa shape index (κ3) is 12.2. The number of benzene rings is 1. The quantitative estimate of drug-likeness (QED) is 0.125. The monoisotopic (exact) mass is 648 g/mol. The van der Waals surface area contributed by atoms with Gasteiger partial charge in [0.1, 0.15) is 24.8 Å². The topological polar surface area (TPSA) is 186 Å². The van der Waals surface area contributed by atoms with Crippen molar-refractivity contribution >= 4 is 29.8 Å². The van der Waals surface area contributed by atoms with Crippen LogP contribution in [0.5, 0.6) is 0 Å². The summed E-state index contributed by atoms with van der Waals surface area (Å²) in [5, 5.41) is 15.6. The molecule has 1 aromatic carbocycles. The van der Waals surface area contributed by atoms with E-state index in [-0.39, 0.29) is 29.6 Å². The van der Waals surface area contributed by atoms with Crippen molar-refractivity contribution < 1.29 is 43.1 Å². The van der Waals surface area contributed by atoms with E-state index in [1.54, 1.807) is 20.8 Å². The largest absolute Gasteiger partial charge is 0.480 e. The second-order valence-corrected chi connectivity index (χ2v) is 13.7. The highest BCUT2D eigenvalue weighted by Crippen LogP contribution is 2.30. The summed E-state index contributed by atoms with van der Waals surface area (Å²) in [6.45, 7) is 13.4. The van der Waals surface area contributed by atoms with E-state index in [0.717, 1.165) is 5.56 Å². The number of aliphatic carboxylic acids is 1. The summed E-state index contributed by atoms with van der Waals surface area (Å²) >= 11 is 0. The summed E-state index contributed by atoms with van der Waals surface area (Å²) in [5.74, 6) is -3.11. The second kappa shape index (κ2) is 17.3. The lowest BCUT2D eigenvalue weighted by atomic mass is 9.99. The summed E-state index contributed by atoms with van der Waals surface area (Å²) in [7, 11) is 0. The molecule has 13 nitrogen and oxygen atoms in total. The molecule has 13 heteroatoms. The van der Waals surface area contributed by atoms with Crippen LogP contribution in [0.4, 0.5) is 4.79 Å². The maximum absolute atomic E-state index is 13.7. The van der Waals surface area contributed by atoms with Crippen LogP contribution in [-0.4, -0.2) is 82.4 Å². The fourth-order valence-corrected chi connectivity index (χ4v) is 5.78. The van der Waals surface area contributed by atoms with E-state index in [2.05, 4.69) is 16.1 Å². The van der Waals surface area contributed by atoms with Gasteiger partial charge < -0.3 is 30.9 Å². The average Bonchev–Trinajstić information content (AvgIpc) is 3.35. The first-order chi connectivity index (χ1) is 21.5. The number of likely N-dealkylation sites (tertiary alicyclic amines) is 1. The molecule has 1 heterocycles. The fraction of sp³-hybridized carbons (Fsp3) is 0.667. The highest BCUT2D eigenvalue weighted by Gasteiger charge is 2.52. The van der Waals surface area contributed by atoms with Crippen LogP contribution in [0.1, 0.15) is 86.1 Å². The Labute approximate surface area is 272 Å². The molecule has 0 aromatic heterocycles. The molecule has 1 fully saturated rings. The van der Waals surface area contributed by atoms with Gasteiger partial charge in [-0.25, -0.2) is 14.2 Å². The Morgan fingerprint density at radius 1 is 1.07 bits per heavy atom. The van der Waals surface area contributed by atoms with Gasteiger partial charge in [-0.05, 0) is 44.6 Å². The Kier molecular flexibility index (Phi) is 14.4. The summed E-state index contributed by atoms with van der Waals surface area (Å²) in [6.07, 6.45) is 0.804. The maximum atomic E-state index is 13.7. The van der Waals surface area contributed by atoms with Crippen molar-refractivity contribution in [3.05, 3.63) is 35.9 Å². The van der Waals surface area contributed by atoms with Crippen molar-refractivity contribution in [3.8, 4) is 0 Å². The Morgan fingerprint density at radius 3 is 2.26 bits per heavy atom. The van der Waals surface area contributed by atoms with Gasteiger partial charge in [-0.2, -0.15) is 5.43 Å². The van der Waals surface area contributed by atoms with E-state index in [1.165, 1.54) is 0 Å². The van der Waals surface area contributed by atoms with E-state index in [0.29, 0.717) is 32.2 Å². The molecule has 0 saturated carbocycles. The predicted octanol–water partition coefficient (Wildman–Crippen LogP) is 3.01. The first kappa shape index (κ1) is 38.5. The second-order valence-electron chi connectivity index (χ2n) is 13.7. The SMILES string of the molecule is CC[C@H](C)[C@H](N[N+]1(C[C@H](CC(C)C)NC(=O)[C@H](CC(N)=O)NC(=O)OC(C)(C)C)CCC[C@H]1C(=O)OCc1ccccc1)C(=O)O. The normalized spacial score (nSPS) is 20.7. The van der Waals surface area contributed by atoms with Crippen LogP contribution in [0.25, 0.3) is 0 Å². The molecule has 6 atom stereocenters. The lowest BCUT2D eigenvalue weighted by molar-refractivity contribution is -0.976. The minimum absolute atomic E-state index is 0.0706. The van der Waals surface area contributed by atoms with Gasteiger partial charge in [0.2, 0.25) is 17.9 Å². The third-order valence-electron chi connectivity index (χ3n) is 8.06. The molecule has 1 aromatic rings. The van der Waals surface area contributed by atoms with Crippen molar-refractivity contribution in [2.75, 3.05) is 13.1 Å². The number of hydrogen-bond donors (Lipinski definition) is 5. The summed E-state index contributed by atoms with van der Waals surface area (Å²) in [5.41, 5.74) is 8.73. The van der Waals surface area contributed by atoms with Crippen molar-refractivity contribution in [2.45, 2.75) is 117 Å². The van der Waals surface area contributed by atoms with Crippen molar-refractivity contribution in [1.82, 2.24) is 16.1 Å². The molecule has 1 aliphatic rings. The number of carboxylic acids is 1. The Hall–Kier alpha value is -3.71. The number of primary amides is 1. The number of hydrogen-bond acceptors (Lipinski definition) is 8. The van der Waals surface area contributed by atoms with Crippen LogP contribution in [0.3, 0.4) is 0 Å². The molecule has 1 saturated heterocycles. The van der Waals surface area contributed by atoms with Crippen LogP contribution in [-0.2, 0) is 35.3 Å². The number of carbonyl (C=O) groups excluding carboxylic acids is 4. The lowest BCUT2D eigenvalue weighted by Gasteiger charge is -2.43. The van der Waals surface area contributed by atoms with Gasteiger partial charge in [-0.1, -0.05) is 64.4 Å². The molecular formula is C33H54N5O8+. The fourth-order valence-electron chi connectivity index (χ4n) is 5.78. The van der Waals surface area contributed by atoms with Gasteiger partial charge in [-0.15, -0.1) is 0 Å². The molecule has 1 unspecified atom stereocenters. The molecule has 2 rings (SSSR count).